The predicted octanol–water partition coefficient (Wildman–Crippen LogP) is 2.07. The van der Waals surface area contributed by atoms with Gasteiger partial charge >= 0.3 is 6.36 Å². The summed E-state index contributed by atoms with van der Waals surface area (Å²) in [5.41, 5.74) is 5.42. The molecule has 8 heteroatoms. The third-order valence-corrected chi connectivity index (χ3v) is 2.40. The van der Waals surface area contributed by atoms with Gasteiger partial charge in [-0.3, -0.25) is 0 Å². The summed E-state index contributed by atoms with van der Waals surface area (Å²) >= 11 is 2.88. The molecule has 0 bridgehead atoms. The first kappa shape index (κ1) is 12.7. The second-order valence-electron chi connectivity index (χ2n) is 2.65. The molecule has 0 amide bonds. The van der Waals surface area contributed by atoms with E-state index in [0.717, 1.165) is 0 Å². The number of nitrogens with two attached hydrogens (primary N) is 1. The molecule has 0 saturated heterocycles. The van der Waals surface area contributed by atoms with Gasteiger partial charge in [0.05, 0.1) is 4.47 Å². The summed E-state index contributed by atoms with van der Waals surface area (Å²) in [5.74, 6) is -0.716. The van der Waals surface area contributed by atoms with Gasteiger partial charge < -0.3 is 10.5 Å². The summed E-state index contributed by atoms with van der Waals surface area (Å²) in [6.45, 7) is -0.0357. The molecule has 2 N–H and O–H groups in total. The molecule has 1 aromatic heterocycles. The van der Waals surface area contributed by atoms with Crippen LogP contribution in [0.2, 0.25) is 0 Å². The number of pyridine rings is 1. The monoisotopic (exact) mass is 295 g/mol. The molecular weight excluding hydrogens is 291 g/mol. The lowest BCUT2D eigenvalue weighted by atomic mass is 10.2. The Bertz CT molecular complexity index is 441. The Morgan fingerprint density at radius 1 is 1.56 bits per heavy atom. The number of nitrogens with zero attached hydrogens (tertiary/aromatic N) is 2. The molecule has 0 unspecified atom stereocenters. The zero-order valence-corrected chi connectivity index (χ0v) is 9.26. The van der Waals surface area contributed by atoms with Crippen molar-refractivity contribution in [3.63, 3.8) is 0 Å². The minimum atomic E-state index is -4.87. The van der Waals surface area contributed by atoms with Crippen LogP contribution in [0.25, 0.3) is 0 Å². The van der Waals surface area contributed by atoms with Crippen molar-refractivity contribution in [2.24, 2.45) is 5.73 Å². The lowest BCUT2D eigenvalue weighted by molar-refractivity contribution is -0.276. The highest BCUT2D eigenvalue weighted by Gasteiger charge is 2.33. The third-order valence-electron chi connectivity index (χ3n) is 1.55. The Morgan fingerprint density at radius 2 is 2.19 bits per heavy atom. The Balaban J connectivity index is 3.23. The molecule has 16 heavy (non-hydrogen) atoms. The van der Waals surface area contributed by atoms with Crippen molar-refractivity contribution < 1.29 is 17.9 Å². The number of aromatic nitrogens is 1. The quantitative estimate of drug-likeness (QED) is 0.907. The molecule has 0 aromatic carbocycles. The van der Waals surface area contributed by atoms with E-state index in [4.69, 9.17) is 11.0 Å². The number of ether oxygens (including phenoxy) is 1. The van der Waals surface area contributed by atoms with Crippen molar-refractivity contribution in [3.05, 3.63) is 21.8 Å². The van der Waals surface area contributed by atoms with Gasteiger partial charge in [-0.1, -0.05) is 0 Å². The van der Waals surface area contributed by atoms with Crippen LogP contribution in [0.1, 0.15) is 11.3 Å². The minimum absolute atomic E-state index is 0.00803. The number of rotatable bonds is 2. The van der Waals surface area contributed by atoms with Gasteiger partial charge in [0.2, 0.25) is 5.88 Å². The smallest absolute Gasteiger partial charge is 0.387 e. The fraction of sp³-hybridized carbons (Fsp3) is 0.250. The summed E-state index contributed by atoms with van der Waals surface area (Å²) in [5, 5.41) is 8.57. The van der Waals surface area contributed by atoms with Crippen LogP contribution < -0.4 is 10.5 Å². The number of halogens is 4. The Labute approximate surface area is 97.0 Å². The van der Waals surface area contributed by atoms with Crippen molar-refractivity contribution in [2.75, 3.05) is 0 Å². The van der Waals surface area contributed by atoms with Gasteiger partial charge in [0, 0.05) is 6.54 Å². The molecule has 0 saturated carbocycles. The van der Waals surface area contributed by atoms with Gasteiger partial charge in [-0.05, 0) is 27.6 Å². The normalized spacial score (nSPS) is 11.0. The predicted molar refractivity (Wildman–Crippen MR) is 51.2 cm³/mol. The molecule has 0 aliphatic rings. The van der Waals surface area contributed by atoms with E-state index < -0.39 is 12.2 Å². The van der Waals surface area contributed by atoms with Crippen molar-refractivity contribution in [3.8, 4) is 11.9 Å². The SMILES string of the molecule is N#Cc1cc(CN)c(Br)c(OC(F)(F)F)n1. The Kier molecular flexibility index (Phi) is 3.72. The average molecular weight is 296 g/mol. The van der Waals surface area contributed by atoms with Crippen molar-refractivity contribution in [2.45, 2.75) is 12.9 Å². The summed E-state index contributed by atoms with van der Waals surface area (Å²) in [4.78, 5) is 3.38. The topological polar surface area (TPSA) is 71.9 Å². The van der Waals surface area contributed by atoms with Crippen molar-refractivity contribution in [1.29, 1.82) is 5.26 Å². The van der Waals surface area contributed by atoms with Crippen LogP contribution in [-0.2, 0) is 6.54 Å². The van der Waals surface area contributed by atoms with Crippen LogP contribution >= 0.6 is 15.9 Å². The molecule has 0 atom stereocenters. The largest absolute Gasteiger partial charge is 0.574 e. The third kappa shape index (κ3) is 3.08. The van der Waals surface area contributed by atoms with Gasteiger partial charge in [-0.25, -0.2) is 4.98 Å². The molecular formula is C8H5BrF3N3O. The highest BCUT2D eigenvalue weighted by Crippen LogP contribution is 2.31. The molecule has 4 nitrogen and oxygen atoms in total. The van der Waals surface area contributed by atoms with Gasteiger partial charge in [0.25, 0.3) is 0 Å². The fourth-order valence-electron chi connectivity index (χ4n) is 0.940. The maximum atomic E-state index is 12.0. The van der Waals surface area contributed by atoms with Crippen LogP contribution in [0, 0.1) is 11.3 Å². The van der Waals surface area contributed by atoms with E-state index >= 15 is 0 Å². The van der Waals surface area contributed by atoms with Crippen LogP contribution in [0.3, 0.4) is 0 Å². The highest BCUT2D eigenvalue weighted by molar-refractivity contribution is 9.10. The second kappa shape index (κ2) is 4.67. The first-order valence-electron chi connectivity index (χ1n) is 3.92. The molecule has 1 heterocycles. The minimum Gasteiger partial charge on any atom is -0.387 e. The average Bonchev–Trinajstić information content (AvgIpc) is 2.19. The van der Waals surface area contributed by atoms with E-state index in [9.17, 15) is 13.2 Å². The van der Waals surface area contributed by atoms with Crippen LogP contribution in [-0.4, -0.2) is 11.3 Å². The first-order valence-corrected chi connectivity index (χ1v) is 4.72. The lowest BCUT2D eigenvalue weighted by Crippen LogP contribution is -2.19. The Hall–Kier alpha value is -1.33. The van der Waals surface area contributed by atoms with Crippen molar-refractivity contribution >= 4 is 15.9 Å². The summed E-state index contributed by atoms with van der Waals surface area (Å²) in [7, 11) is 0. The summed E-state index contributed by atoms with van der Waals surface area (Å²) < 4.78 is 39.6. The molecule has 1 rings (SSSR count). The molecule has 0 radical (unpaired) electrons. The standard InChI is InChI=1S/C8H5BrF3N3O/c9-6-4(2-13)1-5(3-14)15-7(6)16-8(10,11)12/h1H,2,13H2. The first-order chi connectivity index (χ1) is 7.37. The maximum absolute atomic E-state index is 12.0. The van der Waals surface area contributed by atoms with E-state index in [-0.39, 0.29) is 16.7 Å². The fourth-order valence-corrected chi connectivity index (χ4v) is 1.39. The molecule has 0 aliphatic heterocycles. The van der Waals surface area contributed by atoms with Crippen LogP contribution in [0.5, 0.6) is 5.88 Å². The van der Waals surface area contributed by atoms with Gasteiger partial charge in [0.15, 0.2) is 0 Å². The van der Waals surface area contributed by atoms with Crippen LogP contribution in [0.15, 0.2) is 10.5 Å². The van der Waals surface area contributed by atoms with Crippen molar-refractivity contribution in [1.82, 2.24) is 4.98 Å². The lowest BCUT2D eigenvalue weighted by Gasteiger charge is -2.11. The van der Waals surface area contributed by atoms with Crippen LogP contribution in [0.4, 0.5) is 13.2 Å². The van der Waals surface area contributed by atoms with Gasteiger partial charge in [0.1, 0.15) is 11.8 Å². The van der Waals surface area contributed by atoms with E-state index in [2.05, 4.69) is 25.7 Å². The molecule has 1 aromatic rings. The summed E-state index contributed by atoms with van der Waals surface area (Å²) in [6, 6.07) is 2.91. The zero-order chi connectivity index (χ0) is 12.3. The maximum Gasteiger partial charge on any atom is 0.574 e. The summed E-state index contributed by atoms with van der Waals surface area (Å²) in [6.07, 6.45) is -4.87. The van der Waals surface area contributed by atoms with E-state index in [1.807, 2.05) is 0 Å². The zero-order valence-electron chi connectivity index (χ0n) is 7.68. The number of nitriles is 1. The number of hydrogen-bond donors (Lipinski definition) is 1. The number of hydrogen-bond acceptors (Lipinski definition) is 4. The molecule has 0 fully saturated rings. The number of alkyl halides is 3. The Morgan fingerprint density at radius 3 is 2.62 bits per heavy atom. The molecule has 86 valence electrons. The van der Waals surface area contributed by atoms with Gasteiger partial charge in [-0.2, -0.15) is 5.26 Å². The molecule has 0 aliphatic carbocycles. The van der Waals surface area contributed by atoms with E-state index in [1.165, 1.54) is 6.07 Å². The molecule has 0 spiro atoms. The second-order valence-corrected chi connectivity index (χ2v) is 3.44. The van der Waals surface area contributed by atoms with E-state index in [1.54, 1.807) is 6.07 Å². The van der Waals surface area contributed by atoms with Gasteiger partial charge in [-0.15, -0.1) is 13.2 Å². The highest BCUT2D eigenvalue weighted by atomic mass is 79.9. The van der Waals surface area contributed by atoms with E-state index in [0.29, 0.717) is 5.56 Å².